The Morgan fingerprint density at radius 1 is 1.15 bits per heavy atom. The van der Waals surface area contributed by atoms with E-state index in [1.165, 1.54) is 12.3 Å². The van der Waals surface area contributed by atoms with Gasteiger partial charge < -0.3 is 5.21 Å². The number of hydrogen-bond donors (Lipinski definition) is 1. The summed E-state index contributed by atoms with van der Waals surface area (Å²) < 4.78 is 16.2. The number of hydrogen-bond acceptors (Lipinski definition) is 5. The molecule has 0 unspecified atom stereocenters. The zero-order chi connectivity index (χ0) is 18.8. The highest BCUT2D eigenvalue weighted by molar-refractivity contribution is 5.78. The molecule has 0 atom stereocenters. The van der Waals surface area contributed by atoms with Gasteiger partial charge in [0.25, 0.3) is 0 Å². The van der Waals surface area contributed by atoms with E-state index in [2.05, 4.69) is 21.2 Å². The van der Waals surface area contributed by atoms with E-state index in [0.29, 0.717) is 28.2 Å². The van der Waals surface area contributed by atoms with Crippen LogP contribution in [0.15, 0.2) is 66.1 Å². The standard InChI is InChI=1S/C20H12FN5O/c21-18-6-5-13(9-17(18)16-4-2-1-3-14(16)10-22)19-12-23-20-25-15(11-24-27)7-8-26(19)20/h1-9,11-12,27H/b24-11-. The lowest BCUT2D eigenvalue weighted by atomic mass is 9.97. The fourth-order valence-corrected chi connectivity index (χ4v) is 2.94. The molecule has 0 bridgehead atoms. The number of nitrogens with zero attached hydrogens (tertiary/aromatic N) is 5. The molecule has 0 saturated carbocycles. The van der Waals surface area contributed by atoms with E-state index in [4.69, 9.17) is 5.21 Å². The number of imidazole rings is 1. The molecule has 0 aliphatic rings. The SMILES string of the molecule is N#Cc1ccccc1-c1cc(-c2cnc3nc(/C=N\O)ccn23)ccc1F. The summed E-state index contributed by atoms with van der Waals surface area (Å²) in [6.07, 6.45) is 4.59. The maximum Gasteiger partial charge on any atom is 0.234 e. The predicted octanol–water partition coefficient (Wildman–Crippen LogP) is 3.88. The van der Waals surface area contributed by atoms with Crippen LogP contribution in [-0.2, 0) is 0 Å². The third kappa shape index (κ3) is 2.89. The minimum Gasteiger partial charge on any atom is -0.411 e. The minimum atomic E-state index is -0.408. The Kier molecular flexibility index (Phi) is 4.07. The highest BCUT2D eigenvalue weighted by Crippen LogP contribution is 2.31. The molecular formula is C20H12FN5O. The van der Waals surface area contributed by atoms with Gasteiger partial charge in [-0.15, -0.1) is 0 Å². The van der Waals surface area contributed by atoms with Gasteiger partial charge in [-0.05, 0) is 30.3 Å². The first kappa shape index (κ1) is 16.4. The molecule has 0 radical (unpaired) electrons. The monoisotopic (exact) mass is 357 g/mol. The van der Waals surface area contributed by atoms with Crippen LogP contribution in [0.1, 0.15) is 11.3 Å². The van der Waals surface area contributed by atoms with Crippen LogP contribution in [-0.4, -0.2) is 25.8 Å². The smallest absolute Gasteiger partial charge is 0.234 e. The van der Waals surface area contributed by atoms with Gasteiger partial charge in [0.05, 0.1) is 35.4 Å². The molecule has 2 heterocycles. The van der Waals surface area contributed by atoms with E-state index in [1.807, 2.05) is 0 Å². The summed E-state index contributed by atoms with van der Waals surface area (Å²) >= 11 is 0. The molecule has 0 fully saturated rings. The quantitative estimate of drug-likeness (QED) is 0.342. The van der Waals surface area contributed by atoms with Gasteiger partial charge in [-0.1, -0.05) is 23.4 Å². The van der Waals surface area contributed by atoms with Gasteiger partial charge in [-0.2, -0.15) is 5.26 Å². The number of halogens is 1. The van der Waals surface area contributed by atoms with Crippen molar-refractivity contribution in [3.8, 4) is 28.5 Å². The van der Waals surface area contributed by atoms with E-state index in [0.717, 1.165) is 11.3 Å². The van der Waals surface area contributed by atoms with Gasteiger partial charge in [0.1, 0.15) is 5.82 Å². The van der Waals surface area contributed by atoms with Crippen molar-refractivity contribution in [2.24, 2.45) is 5.16 Å². The third-order valence-corrected chi connectivity index (χ3v) is 4.19. The molecule has 130 valence electrons. The Balaban J connectivity index is 1.87. The topological polar surface area (TPSA) is 86.6 Å². The second-order valence-electron chi connectivity index (χ2n) is 5.76. The van der Waals surface area contributed by atoms with Crippen LogP contribution in [0, 0.1) is 17.1 Å². The Hall–Kier alpha value is -4.05. The summed E-state index contributed by atoms with van der Waals surface area (Å²) in [6, 6.07) is 15.4. The van der Waals surface area contributed by atoms with Gasteiger partial charge in [0.2, 0.25) is 5.78 Å². The summed E-state index contributed by atoms with van der Waals surface area (Å²) in [5.41, 5.74) is 3.20. The number of oxime groups is 1. The predicted molar refractivity (Wildman–Crippen MR) is 97.9 cm³/mol. The van der Waals surface area contributed by atoms with Gasteiger partial charge in [-0.3, -0.25) is 4.40 Å². The molecule has 27 heavy (non-hydrogen) atoms. The lowest BCUT2D eigenvalue weighted by Gasteiger charge is -2.09. The lowest BCUT2D eigenvalue weighted by Crippen LogP contribution is -1.96. The van der Waals surface area contributed by atoms with E-state index in [1.54, 1.807) is 59.3 Å². The van der Waals surface area contributed by atoms with E-state index in [-0.39, 0.29) is 0 Å². The zero-order valence-electron chi connectivity index (χ0n) is 13.9. The number of nitriles is 1. The van der Waals surface area contributed by atoms with Crippen molar-refractivity contribution in [2.45, 2.75) is 0 Å². The molecule has 7 heteroatoms. The molecule has 0 saturated heterocycles. The first-order valence-corrected chi connectivity index (χ1v) is 8.02. The second kappa shape index (κ2) is 6.69. The Labute approximate surface area is 153 Å². The molecule has 4 rings (SSSR count). The van der Waals surface area contributed by atoms with E-state index in [9.17, 15) is 9.65 Å². The molecule has 0 aliphatic heterocycles. The Morgan fingerprint density at radius 3 is 2.81 bits per heavy atom. The summed E-state index contributed by atoms with van der Waals surface area (Å²) in [6.45, 7) is 0. The van der Waals surface area contributed by atoms with Gasteiger partial charge in [0.15, 0.2) is 0 Å². The first-order valence-electron chi connectivity index (χ1n) is 8.02. The Morgan fingerprint density at radius 2 is 2.00 bits per heavy atom. The molecule has 1 N–H and O–H groups in total. The highest BCUT2D eigenvalue weighted by atomic mass is 19.1. The molecule has 2 aromatic heterocycles. The average molecular weight is 357 g/mol. The maximum absolute atomic E-state index is 14.5. The molecule has 0 spiro atoms. The van der Waals surface area contributed by atoms with Crippen molar-refractivity contribution < 1.29 is 9.60 Å². The second-order valence-corrected chi connectivity index (χ2v) is 5.76. The first-order chi connectivity index (χ1) is 13.2. The van der Waals surface area contributed by atoms with Gasteiger partial charge in [-0.25, -0.2) is 14.4 Å². The summed E-state index contributed by atoms with van der Waals surface area (Å²) in [7, 11) is 0. The van der Waals surface area contributed by atoms with Crippen molar-refractivity contribution in [2.75, 3.05) is 0 Å². The molecule has 2 aromatic carbocycles. The normalized spacial score (nSPS) is 11.1. The van der Waals surface area contributed by atoms with Crippen molar-refractivity contribution >= 4 is 12.0 Å². The van der Waals surface area contributed by atoms with Crippen molar-refractivity contribution in [1.29, 1.82) is 5.26 Å². The van der Waals surface area contributed by atoms with Crippen LogP contribution in [0.5, 0.6) is 0 Å². The maximum atomic E-state index is 14.5. The minimum absolute atomic E-state index is 0.344. The number of aromatic nitrogens is 3. The molecular weight excluding hydrogens is 345 g/mol. The lowest BCUT2D eigenvalue weighted by molar-refractivity contribution is 0.321. The summed E-state index contributed by atoms with van der Waals surface area (Å²) in [4.78, 5) is 8.52. The summed E-state index contributed by atoms with van der Waals surface area (Å²) in [5, 5.41) is 20.9. The van der Waals surface area contributed by atoms with Crippen molar-refractivity contribution in [3.05, 3.63) is 78.0 Å². The zero-order valence-corrected chi connectivity index (χ0v) is 13.9. The fourth-order valence-electron chi connectivity index (χ4n) is 2.94. The molecule has 6 nitrogen and oxygen atoms in total. The van der Waals surface area contributed by atoms with Crippen molar-refractivity contribution in [1.82, 2.24) is 14.4 Å². The fraction of sp³-hybridized carbons (Fsp3) is 0. The van der Waals surface area contributed by atoms with Crippen LogP contribution in [0.2, 0.25) is 0 Å². The Bertz CT molecular complexity index is 1220. The van der Waals surface area contributed by atoms with Crippen LogP contribution in [0.4, 0.5) is 4.39 Å². The molecule has 0 amide bonds. The average Bonchev–Trinajstić information content (AvgIpc) is 3.12. The largest absolute Gasteiger partial charge is 0.411 e. The van der Waals surface area contributed by atoms with Crippen LogP contribution in [0.25, 0.3) is 28.2 Å². The van der Waals surface area contributed by atoms with Crippen molar-refractivity contribution in [3.63, 3.8) is 0 Å². The molecule has 4 aromatic rings. The van der Waals surface area contributed by atoms with E-state index >= 15 is 0 Å². The van der Waals surface area contributed by atoms with Crippen LogP contribution in [0.3, 0.4) is 0 Å². The molecule has 0 aliphatic carbocycles. The van der Waals surface area contributed by atoms with E-state index < -0.39 is 5.82 Å². The number of fused-ring (bicyclic) bond motifs is 1. The van der Waals surface area contributed by atoms with Crippen LogP contribution >= 0.6 is 0 Å². The third-order valence-electron chi connectivity index (χ3n) is 4.19. The van der Waals surface area contributed by atoms with Gasteiger partial charge >= 0.3 is 0 Å². The van der Waals surface area contributed by atoms with Gasteiger partial charge in [0, 0.05) is 22.9 Å². The van der Waals surface area contributed by atoms with Crippen LogP contribution < -0.4 is 0 Å². The highest BCUT2D eigenvalue weighted by Gasteiger charge is 2.13. The number of rotatable bonds is 3. The summed E-state index contributed by atoms with van der Waals surface area (Å²) in [5.74, 6) is 0.0144. The number of benzene rings is 2.